The summed E-state index contributed by atoms with van der Waals surface area (Å²) in [6.45, 7) is 4.57. The van der Waals surface area contributed by atoms with E-state index in [0.29, 0.717) is 17.9 Å². The molecule has 2 N–H and O–H groups in total. The van der Waals surface area contributed by atoms with E-state index in [0.717, 1.165) is 33.2 Å². The van der Waals surface area contributed by atoms with E-state index < -0.39 is 11.9 Å². The molecule has 0 aliphatic rings. The number of esters is 2. The van der Waals surface area contributed by atoms with E-state index in [2.05, 4.69) is 6.07 Å². The van der Waals surface area contributed by atoms with Gasteiger partial charge in [0.2, 0.25) is 0 Å². The zero-order valence-electron chi connectivity index (χ0n) is 20.4. The van der Waals surface area contributed by atoms with Crippen molar-refractivity contribution < 1.29 is 28.2 Å². The monoisotopic (exact) mass is 487 g/mol. The highest BCUT2D eigenvalue weighted by molar-refractivity contribution is 5.93. The average molecular weight is 488 g/mol. The van der Waals surface area contributed by atoms with Crippen LogP contribution in [-0.2, 0) is 33.8 Å². The standard InChI is InChI=1S/C29H29NO6/c1-3-33-27(31)15-22-9-6-10-24(29(32)34-4-2)28(22)36-18-23-17-35-26-12-11-21(14-25(23)26)20-8-5-7-19(13-20)16-30/h5-14,17H,3-4,15-16,18,30H2,1-2H3. The maximum absolute atomic E-state index is 12.6. The van der Waals surface area contributed by atoms with Crippen LogP contribution < -0.4 is 10.5 Å². The largest absolute Gasteiger partial charge is 0.488 e. The highest BCUT2D eigenvalue weighted by atomic mass is 16.5. The fraction of sp³-hybridized carbons (Fsp3) is 0.241. The molecule has 0 saturated carbocycles. The molecule has 0 fully saturated rings. The van der Waals surface area contributed by atoms with E-state index in [9.17, 15) is 9.59 Å². The van der Waals surface area contributed by atoms with Crippen LogP contribution in [0.15, 0.2) is 71.3 Å². The first-order valence-corrected chi connectivity index (χ1v) is 11.9. The lowest BCUT2D eigenvalue weighted by Gasteiger charge is -2.15. The molecule has 186 valence electrons. The molecule has 0 aliphatic carbocycles. The number of furan rings is 1. The van der Waals surface area contributed by atoms with Crippen molar-refractivity contribution >= 4 is 22.9 Å². The number of fused-ring (bicyclic) bond motifs is 1. The Morgan fingerprint density at radius 3 is 2.44 bits per heavy atom. The molecule has 0 radical (unpaired) electrons. The number of hydrogen-bond acceptors (Lipinski definition) is 7. The average Bonchev–Trinajstić information content (AvgIpc) is 3.30. The van der Waals surface area contributed by atoms with Crippen LogP contribution in [0.5, 0.6) is 5.75 Å². The summed E-state index contributed by atoms with van der Waals surface area (Å²) < 4.78 is 22.2. The quantitative estimate of drug-likeness (QED) is 0.298. The molecular formula is C29H29NO6. The van der Waals surface area contributed by atoms with E-state index in [-0.39, 0.29) is 31.8 Å². The van der Waals surface area contributed by atoms with Gasteiger partial charge in [0.05, 0.1) is 25.9 Å². The number of carbonyl (C=O) groups is 2. The van der Waals surface area contributed by atoms with Gasteiger partial charge in [0.25, 0.3) is 0 Å². The summed E-state index contributed by atoms with van der Waals surface area (Å²) in [7, 11) is 0. The van der Waals surface area contributed by atoms with E-state index >= 15 is 0 Å². The Labute approximate surface area is 209 Å². The van der Waals surface area contributed by atoms with Crippen LogP contribution in [0.25, 0.3) is 22.1 Å². The molecule has 7 heteroatoms. The third kappa shape index (κ3) is 5.58. The highest BCUT2D eigenvalue weighted by Gasteiger charge is 2.20. The number of rotatable bonds is 10. The van der Waals surface area contributed by atoms with Crippen LogP contribution >= 0.6 is 0 Å². The molecule has 3 aromatic carbocycles. The van der Waals surface area contributed by atoms with Crippen LogP contribution in [0.2, 0.25) is 0 Å². The molecule has 0 saturated heterocycles. The van der Waals surface area contributed by atoms with Crippen molar-refractivity contribution in [1.29, 1.82) is 0 Å². The van der Waals surface area contributed by atoms with E-state index in [4.69, 9.17) is 24.4 Å². The Bertz CT molecular complexity index is 1370. The van der Waals surface area contributed by atoms with Gasteiger partial charge in [-0.25, -0.2) is 4.79 Å². The van der Waals surface area contributed by atoms with Gasteiger partial charge in [0.1, 0.15) is 23.5 Å². The first kappa shape index (κ1) is 25.0. The lowest BCUT2D eigenvalue weighted by molar-refractivity contribution is -0.142. The van der Waals surface area contributed by atoms with Gasteiger partial charge in [-0.05, 0) is 54.8 Å². The first-order chi connectivity index (χ1) is 17.5. The zero-order chi connectivity index (χ0) is 25.5. The summed E-state index contributed by atoms with van der Waals surface area (Å²) in [5.41, 5.74) is 11.3. The van der Waals surface area contributed by atoms with Crippen molar-refractivity contribution in [2.75, 3.05) is 13.2 Å². The minimum absolute atomic E-state index is 0.0236. The predicted octanol–water partition coefficient (Wildman–Crippen LogP) is 5.42. The van der Waals surface area contributed by atoms with Gasteiger partial charge in [-0.3, -0.25) is 4.79 Å². The molecule has 0 bridgehead atoms. The van der Waals surface area contributed by atoms with Gasteiger partial charge in [-0.1, -0.05) is 36.4 Å². The molecule has 0 atom stereocenters. The molecule has 1 aromatic heterocycles. The molecule has 1 heterocycles. The Hall–Kier alpha value is -4.10. The summed E-state index contributed by atoms with van der Waals surface area (Å²) >= 11 is 0. The van der Waals surface area contributed by atoms with Gasteiger partial charge in [0.15, 0.2) is 0 Å². The van der Waals surface area contributed by atoms with Crippen molar-refractivity contribution in [3.05, 3.63) is 89.2 Å². The predicted molar refractivity (Wildman–Crippen MR) is 137 cm³/mol. The Morgan fingerprint density at radius 1 is 0.889 bits per heavy atom. The normalized spacial score (nSPS) is 10.9. The molecule has 0 unspecified atom stereocenters. The van der Waals surface area contributed by atoms with Gasteiger partial charge in [-0.2, -0.15) is 0 Å². The van der Waals surface area contributed by atoms with Crippen LogP contribution in [0, 0.1) is 0 Å². The van der Waals surface area contributed by atoms with Crippen molar-refractivity contribution in [2.24, 2.45) is 5.73 Å². The Balaban J connectivity index is 1.66. The molecule has 0 amide bonds. The van der Waals surface area contributed by atoms with Gasteiger partial charge in [-0.15, -0.1) is 0 Å². The molecule has 36 heavy (non-hydrogen) atoms. The Kier molecular flexibility index (Phi) is 8.02. The van der Waals surface area contributed by atoms with E-state index in [1.807, 2.05) is 36.4 Å². The van der Waals surface area contributed by atoms with E-state index in [1.54, 1.807) is 38.3 Å². The van der Waals surface area contributed by atoms with Crippen molar-refractivity contribution in [2.45, 2.75) is 33.4 Å². The van der Waals surface area contributed by atoms with Gasteiger partial charge < -0.3 is 24.4 Å². The minimum atomic E-state index is -0.516. The second kappa shape index (κ2) is 11.6. The number of benzene rings is 3. The molecule has 7 nitrogen and oxygen atoms in total. The zero-order valence-corrected chi connectivity index (χ0v) is 20.4. The van der Waals surface area contributed by atoms with Crippen LogP contribution in [-0.4, -0.2) is 25.2 Å². The van der Waals surface area contributed by atoms with Gasteiger partial charge in [0, 0.05) is 23.1 Å². The summed E-state index contributed by atoms with van der Waals surface area (Å²) in [5, 5.41) is 0.895. The molecule has 4 aromatic rings. The lowest BCUT2D eigenvalue weighted by Crippen LogP contribution is -2.13. The van der Waals surface area contributed by atoms with Crippen LogP contribution in [0.4, 0.5) is 0 Å². The Morgan fingerprint density at radius 2 is 1.67 bits per heavy atom. The summed E-state index contributed by atoms with van der Waals surface area (Å²) in [5.74, 6) is -0.621. The topological polar surface area (TPSA) is 101 Å². The summed E-state index contributed by atoms with van der Waals surface area (Å²) in [6, 6.07) is 19.1. The second-order valence-corrected chi connectivity index (χ2v) is 8.16. The number of carbonyl (C=O) groups excluding carboxylic acids is 2. The fourth-order valence-electron chi connectivity index (χ4n) is 4.03. The smallest absolute Gasteiger partial charge is 0.341 e. The van der Waals surface area contributed by atoms with Gasteiger partial charge >= 0.3 is 11.9 Å². The van der Waals surface area contributed by atoms with Crippen molar-refractivity contribution in [1.82, 2.24) is 0 Å². The maximum Gasteiger partial charge on any atom is 0.341 e. The van der Waals surface area contributed by atoms with Crippen molar-refractivity contribution in [3.63, 3.8) is 0 Å². The molecule has 0 spiro atoms. The lowest BCUT2D eigenvalue weighted by atomic mass is 10.0. The molecule has 4 rings (SSSR count). The minimum Gasteiger partial charge on any atom is -0.488 e. The third-order valence-corrected chi connectivity index (χ3v) is 5.75. The highest BCUT2D eigenvalue weighted by Crippen LogP contribution is 2.31. The number of ether oxygens (including phenoxy) is 3. The summed E-state index contributed by atoms with van der Waals surface area (Å²) in [6.07, 6.45) is 1.62. The second-order valence-electron chi connectivity index (χ2n) is 8.16. The summed E-state index contributed by atoms with van der Waals surface area (Å²) in [4.78, 5) is 24.8. The van der Waals surface area contributed by atoms with E-state index in [1.165, 1.54) is 0 Å². The number of para-hydroxylation sites is 1. The van der Waals surface area contributed by atoms with Crippen molar-refractivity contribution in [3.8, 4) is 16.9 Å². The third-order valence-electron chi connectivity index (χ3n) is 5.75. The molecule has 0 aliphatic heterocycles. The maximum atomic E-state index is 12.6. The number of nitrogens with two attached hydrogens (primary N) is 1. The number of hydrogen-bond donors (Lipinski definition) is 1. The molecular weight excluding hydrogens is 458 g/mol. The van der Waals surface area contributed by atoms with Crippen LogP contribution in [0.3, 0.4) is 0 Å². The SMILES string of the molecule is CCOC(=O)Cc1cccc(C(=O)OCC)c1OCc1coc2ccc(-c3cccc(CN)c3)cc12. The first-order valence-electron chi connectivity index (χ1n) is 11.9. The van der Waals surface area contributed by atoms with Crippen LogP contribution in [0.1, 0.15) is 40.9 Å². The fourth-order valence-corrected chi connectivity index (χ4v) is 4.03.